The molecule has 0 saturated carbocycles. The molecule has 1 aliphatic rings. The molecule has 0 aromatic heterocycles. The summed E-state index contributed by atoms with van der Waals surface area (Å²) in [6, 6.07) is 3.82. The predicted octanol–water partition coefficient (Wildman–Crippen LogP) is 2.62. The van der Waals surface area contributed by atoms with Gasteiger partial charge < -0.3 is 10.1 Å². The highest BCUT2D eigenvalue weighted by Gasteiger charge is 2.34. The van der Waals surface area contributed by atoms with Gasteiger partial charge in [-0.05, 0) is 37.1 Å². The van der Waals surface area contributed by atoms with Crippen LogP contribution in [-0.2, 0) is 10.2 Å². The molecule has 0 radical (unpaired) electrons. The van der Waals surface area contributed by atoms with Crippen LogP contribution in [-0.4, -0.2) is 26.3 Å². The summed E-state index contributed by atoms with van der Waals surface area (Å²) in [5, 5.41) is 3.30. The van der Waals surface area contributed by atoms with Crippen LogP contribution in [0.3, 0.4) is 0 Å². The number of hydrogen-bond donors (Lipinski definition) is 1. The molecule has 1 aromatic carbocycles. The first-order chi connectivity index (χ1) is 8.66. The maximum absolute atomic E-state index is 13.4. The lowest BCUT2D eigenvalue weighted by Crippen LogP contribution is -2.43. The van der Waals surface area contributed by atoms with Crippen LogP contribution < -0.4 is 5.32 Å². The smallest absolute Gasteiger partial charge is 0.126 e. The Morgan fingerprint density at radius 2 is 1.78 bits per heavy atom. The van der Waals surface area contributed by atoms with Crippen LogP contribution in [0.1, 0.15) is 25.3 Å². The molecular formula is C14H19F2NO. The SMILES string of the molecule is CCNCC1(c2cc(F)cc(F)c2)CCOCC1. The number of rotatable bonds is 4. The fraction of sp³-hybridized carbons (Fsp3) is 0.571. The monoisotopic (exact) mass is 255 g/mol. The van der Waals surface area contributed by atoms with E-state index in [9.17, 15) is 8.78 Å². The largest absolute Gasteiger partial charge is 0.381 e. The lowest BCUT2D eigenvalue weighted by atomic mass is 9.74. The van der Waals surface area contributed by atoms with Crippen molar-refractivity contribution in [1.82, 2.24) is 5.32 Å². The lowest BCUT2D eigenvalue weighted by molar-refractivity contribution is 0.0498. The summed E-state index contributed by atoms with van der Waals surface area (Å²) in [6.07, 6.45) is 1.59. The van der Waals surface area contributed by atoms with Gasteiger partial charge in [-0.25, -0.2) is 8.78 Å². The number of nitrogens with one attached hydrogen (secondary N) is 1. The number of likely N-dealkylation sites (N-methyl/N-ethyl adjacent to an activating group) is 1. The van der Waals surface area contributed by atoms with E-state index < -0.39 is 11.6 Å². The van der Waals surface area contributed by atoms with Crippen LogP contribution in [0.25, 0.3) is 0 Å². The average Bonchev–Trinajstić information content (AvgIpc) is 2.36. The first-order valence-corrected chi connectivity index (χ1v) is 6.41. The molecule has 0 spiro atoms. The van der Waals surface area contributed by atoms with Crippen molar-refractivity contribution in [2.75, 3.05) is 26.3 Å². The summed E-state index contributed by atoms with van der Waals surface area (Å²) in [4.78, 5) is 0. The van der Waals surface area contributed by atoms with Crippen molar-refractivity contribution in [3.63, 3.8) is 0 Å². The van der Waals surface area contributed by atoms with Crippen LogP contribution in [0, 0.1) is 11.6 Å². The molecule has 0 amide bonds. The highest BCUT2D eigenvalue weighted by molar-refractivity contribution is 5.28. The van der Waals surface area contributed by atoms with Gasteiger partial charge in [0.2, 0.25) is 0 Å². The van der Waals surface area contributed by atoms with E-state index in [0.29, 0.717) is 13.2 Å². The highest BCUT2D eigenvalue weighted by Crippen LogP contribution is 2.35. The molecule has 18 heavy (non-hydrogen) atoms. The third-order valence-electron chi connectivity index (χ3n) is 3.64. The van der Waals surface area contributed by atoms with E-state index in [0.717, 1.165) is 37.6 Å². The molecule has 0 unspecified atom stereocenters. The molecule has 1 heterocycles. The molecule has 2 rings (SSSR count). The summed E-state index contributed by atoms with van der Waals surface area (Å²) in [6.45, 7) is 4.89. The fourth-order valence-electron chi connectivity index (χ4n) is 2.55. The number of hydrogen-bond acceptors (Lipinski definition) is 2. The van der Waals surface area contributed by atoms with Crippen LogP contribution in [0.5, 0.6) is 0 Å². The van der Waals surface area contributed by atoms with E-state index in [4.69, 9.17) is 4.74 Å². The van der Waals surface area contributed by atoms with E-state index in [1.807, 2.05) is 6.92 Å². The summed E-state index contributed by atoms with van der Waals surface area (Å²) < 4.78 is 32.1. The first-order valence-electron chi connectivity index (χ1n) is 6.41. The Morgan fingerprint density at radius 3 is 2.33 bits per heavy atom. The Hall–Kier alpha value is -1.00. The molecule has 1 saturated heterocycles. The van der Waals surface area contributed by atoms with Gasteiger partial charge in [0, 0.05) is 31.2 Å². The van der Waals surface area contributed by atoms with Crippen LogP contribution >= 0.6 is 0 Å². The Kier molecular flexibility index (Phi) is 4.30. The molecule has 0 atom stereocenters. The molecule has 1 fully saturated rings. The van der Waals surface area contributed by atoms with Gasteiger partial charge in [0.05, 0.1) is 0 Å². The van der Waals surface area contributed by atoms with Crippen molar-refractivity contribution in [1.29, 1.82) is 0 Å². The Bertz CT molecular complexity index is 383. The van der Waals surface area contributed by atoms with E-state index in [-0.39, 0.29) is 5.41 Å². The Labute approximate surface area is 106 Å². The summed E-state index contributed by atoms with van der Waals surface area (Å²) in [5.41, 5.74) is 0.529. The zero-order valence-corrected chi connectivity index (χ0v) is 10.6. The Balaban J connectivity index is 2.31. The molecule has 0 aliphatic carbocycles. The molecule has 1 N–H and O–H groups in total. The van der Waals surface area contributed by atoms with Crippen molar-refractivity contribution in [3.8, 4) is 0 Å². The summed E-state index contributed by atoms with van der Waals surface area (Å²) in [5.74, 6) is -1.01. The zero-order valence-electron chi connectivity index (χ0n) is 10.6. The number of halogens is 2. The van der Waals surface area contributed by atoms with Gasteiger partial charge in [-0.1, -0.05) is 6.92 Å². The molecular weight excluding hydrogens is 236 g/mol. The predicted molar refractivity (Wildman–Crippen MR) is 66.6 cm³/mol. The molecule has 0 bridgehead atoms. The van der Waals surface area contributed by atoms with Crippen molar-refractivity contribution in [3.05, 3.63) is 35.4 Å². The third-order valence-corrected chi connectivity index (χ3v) is 3.64. The Morgan fingerprint density at radius 1 is 1.17 bits per heavy atom. The fourth-order valence-corrected chi connectivity index (χ4v) is 2.55. The zero-order chi connectivity index (χ0) is 13.0. The second kappa shape index (κ2) is 5.76. The van der Waals surface area contributed by atoms with E-state index in [1.54, 1.807) is 0 Å². The molecule has 1 aliphatic heterocycles. The topological polar surface area (TPSA) is 21.3 Å². The normalized spacial score (nSPS) is 18.8. The summed E-state index contributed by atoms with van der Waals surface area (Å²) in [7, 11) is 0. The van der Waals surface area contributed by atoms with Gasteiger partial charge in [-0.2, -0.15) is 0 Å². The number of ether oxygens (including phenoxy) is 1. The maximum Gasteiger partial charge on any atom is 0.126 e. The van der Waals surface area contributed by atoms with Crippen molar-refractivity contribution in [2.24, 2.45) is 0 Å². The highest BCUT2D eigenvalue weighted by atomic mass is 19.1. The van der Waals surface area contributed by atoms with Crippen LogP contribution in [0.15, 0.2) is 18.2 Å². The van der Waals surface area contributed by atoms with Crippen molar-refractivity contribution in [2.45, 2.75) is 25.2 Å². The van der Waals surface area contributed by atoms with Gasteiger partial charge >= 0.3 is 0 Å². The van der Waals surface area contributed by atoms with Gasteiger partial charge in [-0.15, -0.1) is 0 Å². The third kappa shape index (κ3) is 2.87. The molecule has 1 aromatic rings. The second-order valence-electron chi connectivity index (χ2n) is 4.83. The van der Waals surface area contributed by atoms with Crippen LogP contribution in [0.2, 0.25) is 0 Å². The minimum Gasteiger partial charge on any atom is -0.381 e. The molecule has 2 nitrogen and oxygen atoms in total. The quantitative estimate of drug-likeness (QED) is 0.893. The second-order valence-corrected chi connectivity index (χ2v) is 4.83. The molecule has 4 heteroatoms. The summed E-state index contributed by atoms with van der Waals surface area (Å²) >= 11 is 0. The number of benzene rings is 1. The minimum absolute atomic E-state index is 0.211. The van der Waals surface area contributed by atoms with E-state index in [2.05, 4.69) is 5.32 Å². The van der Waals surface area contributed by atoms with Gasteiger partial charge in [0.25, 0.3) is 0 Å². The minimum atomic E-state index is -0.507. The van der Waals surface area contributed by atoms with Crippen LogP contribution in [0.4, 0.5) is 8.78 Å². The standard InChI is InChI=1S/C14H19F2NO/c1-2-17-10-14(3-5-18-6-4-14)11-7-12(15)9-13(16)8-11/h7-9,17H,2-6,10H2,1H3. The molecule has 100 valence electrons. The first kappa shape index (κ1) is 13.4. The van der Waals surface area contributed by atoms with Crippen molar-refractivity contribution >= 4 is 0 Å². The maximum atomic E-state index is 13.4. The van der Waals surface area contributed by atoms with Gasteiger partial charge in [-0.3, -0.25) is 0 Å². The van der Waals surface area contributed by atoms with E-state index in [1.165, 1.54) is 12.1 Å². The van der Waals surface area contributed by atoms with Gasteiger partial charge in [0.15, 0.2) is 0 Å². The van der Waals surface area contributed by atoms with Gasteiger partial charge in [0.1, 0.15) is 11.6 Å². The van der Waals surface area contributed by atoms with Crippen molar-refractivity contribution < 1.29 is 13.5 Å². The average molecular weight is 255 g/mol. The lowest BCUT2D eigenvalue weighted by Gasteiger charge is -2.38. The van der Waals surface area contributed by atoms with E-state index >= 15 is 0 Å².